The molecule has 7 heteroatoms. The molecule has 1 saturated heterocycles. The van der Waals surface area contributed by atoms with Crippen molar-refractivity contribution in [2.75, 3.05) is 40.0 Å². The van der Waals surface area contributed by atoms with E-state index in [9.17, 15) is 4.79 Å². The average Bonchev–Trinajstić information content (AvgIpc) is 3.42. The van der Waals surface area contributed by atoms with Crippen LogP contribution in [0.15, 0.2) is 42.6 Å². The van der Waals surface area contributed by atoms with Crippen LogP contribution in [0, 0.1) is 5.41 Å². The number of nitrogens with zero attached hydrogens (tertiary/aromatic N) is 3. The lowest BCUT2D eigenvalue weighted by atomic mass is 9.78. The van der Waals surface area contributed by atoms with Crippen molar-refractivity contribution in [2.45, 2.75) is 37.8 Å². The zero-order valence-corrected chi connectivity index (χ0v) is 17.7. The van der Waals surface area contributed by atoms with Crippen LogP contribution < -0.4 is 5.32 Å². The molecule has 1 aliphatic carbocycles. The summed E-state index contributed by atoms with van der Waals surface area (Å²) < 4.78 is 7.18. The predicted molar refractivity (Wildman–Crippen MR) is 114 cm³/mol. The van der Waals surface area contributed by atoms with Crippen molar-refractivity contribution in [1.82, 2.24) is 20.0 Å². The highest BCUT2D eigenvalue weighted by molar-refractivity contribution is 5.92. The fraction of sp³-hybridized carbons (Fsp3) is 0.565. The summed E-state index contributed by atoms with van der Waals surface area (Å²) in [6.45, 7) is 3.46. The van der Waals surface area contributed by atoms with E-state index in [0.29, 0.717) is 43.9 Å². The first-order chi connectivity index (χ1) is 14.6. The molecule has 4 rings (SSSR count). The molecular weight excluding hydrogens is 380 g/mol. The highest BCUT2D eigenvalue weighted by Gasteiger charge is 2.42. The van der Waals surface area contributed by atoms with Crippen LogP contribution in [0.5, 0.6) is 0 Å². The van der Waals surface area contributed by atoms with Gasteiger partial charge < -0.3 is 20.1 Å². The van der Waals surface area contributed by atoms with Gasteiger partial charge in [-0.05, 0) is 30.9 Å². The number of piperidine rings is 1. The summed E-state index contributed by atoms with van der Waals surface area (Å²) in [7, 11) is 1.76. The molecule has 1 aliphatic heterocycles. The van der Waals surface area contributed by atoms with Crippen LogP contribution in [-0.4, -0.2) is 71.7 Å². The lowest BCUT2D eigenvalue weighted by Crippen LogP contribution is -2.49. The Morgan fingerprint density at radius 3 is 2.73 bits per heavy atom. The molecule has 2 aromatic rings. The van der Waals surface area contributed by atoms with Gasteiger partial charge in [0.05, 0.1) is 19.8 Å². The van der Waals surface area contributed by atoms with Crippen LogP contribution in [0.1, 0.15) is 41.2 Å². The maximum atomic E-state index is 12.8. The van der Waals surface area contributed by atoms with Crippen LogP contribution >= 0.6 is 0 Å². The molecule has 2 aliphatic rings. The summed E-state index contributed by atoms with van der Waals surface area (Å²) in [6.07, 6.45) is 4.76. The van der Waals surface area contributed by atoms with Crippen LogP contribution in [0.2, 0.25) is 0 Å². The number of amides is 1. The van der Waals surface area contributed by atoms with E-state index in [2.05, 4.69) is 40.7 Å². The zero-order chi connectivity index (χ0) is 21.0. The summed E-state index contributed by atoms with van der Waals surface area (Å²) in [6, 6.07) is 13.0. The maximum absolute atomic E-state index is 12.8. The first kappa shape index (κ1) is 21.0. The topological polar surface area (TPSA) is 79.6 Å². The SMILES string of the molecule is COCC1(CN[C@@H]2C[C@H]2c2ccccc2)CCN(C(=O)c2ccn(CCO)n2)CC1. The van der Waals surface area contributed by atoms with Gasteiger partial charge in [0, 0.05) is 50.3 Å². The molecule has 0 bridgehead atoms. The summed E-state index contributed by atoms with van der Waals surface area (Å²) >= 11 is 0. The number of rotatable bonds is 9. The van der Waals surface area contributed by atoms with E-state index in [1.54, 1.807) is 24.1 Å². The molecule has 1 saturated carbocycles. The predicted octanol–water partition coefficient (Wildman–Crippen LogP) is 1.89. The Bertz CT molecular complexity index is 830. The first-order valence-corrected chi connectivity index (χ1v) is 10.8. The number of hydrogen-bond acceptors (Lipinski definition) is 5. The molecule has 2 atom stereocenters. The van der Waals surface area contributed by atoms with E-state index in [1.807, 2.05) is 4.90 Å². The molecule has 2 heterocycles. The first-order valence-electron chi connectivity index (χ1n) is 10.8. The zero-order valence-electron chi connectivity index (χ0n) is 17.7. The van der Waals surface area contributed by atoms with Crippen molar-refractivity contribution in [1.29, 1.82) is 0 Å². The largest absolute Gasteiger partial charge is 0.394 e. The van der Waals surface area contributed by atoms with Crippen molar-refractivity contribution in [3.63, 3.8) is 0 Å². The number of carbonyl (C=O) groups is 1. The molecule has 1 aromatic carbocycles. The summed E-state index contributed by atoms with van der Waals surface area (Å²) in [5.41, 5.74) is 1.92. The second kappa shape index (κ2) is 9.29. The Morgan fingerprint density at radius 2 is 2.03 bits per heavy atom. The Balaban J connectivity index is 1.30. The Hall–Kier alpha value is -2.22. The van der Waals surface area contributed by atoms with Crippen LogP contribution in [0.4, 0.5) is 0 Å². The third kappa shape index (κ3) is 4.74. The molecule has 2 fully saturated rings. The molecule has 1 aromatic heterocycles. The number of benzene rings is 1. The van der Waals surface area contributed by atoms with Gasteiger partial charge in [0.1, 0.15) is 5.69 Å². The van der Waals surface area contributed by atoms with Crippen molar-refractivity contribution >= 4 is 5.91 Å². The smallest absolute Gasteiger partial charge is 0.274 e. The number of aromatic nitrogens is 2. The van der Waals surface area contributed by atoms with Crippen molar-refractivity contribution in [3.05, 3.63) is 53.9 Å². The molecule has 7 nitrogen and oxygen atoms in total. The fourth-order valence-electron chi connectivity index (χ4n) is 4.56. The second-order valence-corrected chi connectivity index (χ2v) is 8.65. The lowest BCUT2D eigenvalue weighted by Gasteiger charge is -2.41. The Kier molecular flexibility index (Phi) is 6.51. The average molecular weight is 413 g/mol. The minimum atomic E-state index is -0.0306. The normalized spacial score (nSPS) is 22.8. The molecule has 2 N–H and O–H groups in total. The Morgan fingerprint density at radius 1 is 1.27 bits per heavy atom. The standard InChI is InChI=1S/C23H32N4O3/c1-30-17-23(16-24-21-15-19(21)18-5-3-2-4-6-18)8-11-26(12-9-23)22(29)20-7-10-27(25-20)13-14-28/h2-7,10,19,21,24,28H,8-9,11-17H2,1H3/t19-,21+/m0/s1. The number of likely N-dealkylation sites (tertiary alicyclic amines) is 1. The van der Waals surface area contributed by atoms with E-state index in [-0.39, 0.29) is 17.9 Å². The highest BCUT2D eigenvalue weighted by atomic mass is 16.5. The molecule has 0 radical (unpaired) electrons. The van der Waals surface area contributed by atoms with E-state index in [4.69, 9.17) is 9.84 Å². The summed E-state index contributed by atoms with van der Waals surface area (Å²) in [5, 5.41) is 17.1. The van der Waals surface area contributed by atoms with Gasteiger partial charge in [-0.25, -0.2) is 0 Å². The maximum Gasteiger partial charge on any atom is 0.274 e. The molecule has 0 unspecified atom stereocenters. The van der Waals surface area contributed by atoms with Crippen LogP contribution in [0.3, 0.4) is 0 Å². The number of hydrogen-bond donors (Lipinski definition) is 2. The quantitative estimate of drug-likeness (QED) is 0.658. The molecular formula is C23H32N4O3. The van der Waals surface area contributed by atoms with Gasteiger partial charge in [-0.2, -0.15) is 5.10 Å². The lowest BCUT2D eigenvalue weighted by molar-refractivity contribution is 0.0199. The van der Waals surface area contributed by atoms with E-state index in [0.717, 1.165) is 19.4 Å². The second-order valence-electron chi connectivity index (χ2n) is 8.65. The molecule has 30 heavy (non-hydrogen) atoms. The summed E-state index contributed by atoms with van der Waals surface area (Å²) in [4.78, 5) is 14.7. The third-order valence-corrected chi connectivity index (χ3v) is 6.51. The molecule has 162 valence electrons. The van der Waals surface area contributed by atoms with Crippen LogP contribution in [0.25, 0.3) is 0 Å². The van der Waals surface area contributed by atoms with Crippen molar-refractivity contribution < 1.29 is 14.6 Å². The van der Waals surface area contributed by atoms with Gasteiger partial charge in [-0.15, -0.1) is 0 Å². The van der Waals surface area contributed by atoms with Gasteiger partial charge in [0.15, 0.2) is 0 Å². The van der Waals surface area contributed by atoms with Crippen molar-refractivity contribution in [2.24, 2.45) is 5.41 Å². The molecule has 0 spiro atoms. The number of carbonyl (C=O) groups excluding carboxylic acids is 1. The van der Waals surface area contributed by atoms with E-state index >= 15 is 0 Å². The minimum absolute atomic E-state index is 0.0116. The number of nitrogens with one attached hydrogen (secondary N) is 1. The van der Waals surface area contributed by atoms with E-state index in [1.165, 1.54) is 12.0 Å². The van der Waals surface area contributed by atoms with Gasteiger partial charge in [-0.3, -0.25) is 9.48 Å². The Labute approximate surface area is 178 Å². The fourth-order valence-corrected chi connectivity index (χ4v) is 4.56. The highest BCUT2D eigenvalue weighted by Crippen LogP contribution is 2.42. The summed E-state index contributed by atoms with van der Waals surface area (Å²) in [5.74, 6) is 0.582. The minimum Gasteiger partial charge on any atom is -0.394 e. The number of methoxy groups -OCH3 is 1. The van der Waals surface area contributed by atoms with E-state index < -0.39 is 0 Å². The molecule has 1 amide bonds. The van der Waals surface area contributed by atoms with Crippen molar-refractivity contribution in [3.8, 4) is 0 Å². The third-order valence-electron chi connectivity index (χ3n) is 6.51. The number of aliphatic hydroxyl groups is 1. The van der Waals surface area contributed by atoms with Crippen LogP contribution in [-0.2, 0) is 11.3 Å². The van der Waals surface area contributed by atoms with Gasteiger partial charge >= 0.3 is 0 Å². The van der Waals surface area contributed by atoms with Gasteiger partial charge in [-0.1, -0.05) is 30.3 Å². The van der Waals surface area contributed by atoms with Gasteiger partial charge in [0.25, 0.3) is 5.91 Å². The van der Waals surface area contributed by atoms with Gasteiger partial charge in [0.2, 0.25) is 0 Å². The monoisotopic (exact) mass is 412 g/mol. The number of ether oxygens (including phenoxy) is 1. The number of aliphatic hydroxyl groups excluding tert-OH is 1.